The van der Waals surface area contributed by atoms with Crippen molar-refractivity contribution in [3.05, 3.63) is 84.1 Å². The highest BCUT2D eigenvalue weighted by atomic mass is 16.3. The summed E-state index contributed by atoms with van der Waals surface area (Å²) in [7, 11) is 0. The highest BCUT2D eigenvalue weighted by Crippen LogP contribution is 2.22. The molecule has 0 bridgehead atoms. The van der Waals surface area contributed by atoms with Crippen LogP contribution in [0.5, 0.6) is 0 Å². The zero-order valence-corrected chi connectivity index (χ0v) is 15.8. The molecule has 142 valence electrons. The van der Waals surface area contributed by atoms with Crippen molar-refractivity contribution in [1.82, 2.24) is 15.0 Å². The van der Waals surface area contributed by atoms with Gasteiger partial charge in [-0.25, -0.2) is 0 Å². The number of para-hydroxylation sites is 1. The van der Waals surface area contributed by atoms with Crippen molar-refractivity contribution in [3.63, 3.8) is 0 Å². The number of aromatic nitrogens is 3. The van der Waals surface area contributed by atoms with Crippen LogP contribution in [-0.4, -0.2) is 20.9 Å². The van der Waals surface area contributed by atoms with Gasteiger partial charge in [-0.15, -0.1) is 10.2 Å². The third kappa shape index (κ3) is 3.25. The van der Waals surface area contributed by atoms with E-state index in [0.29, 0.717) is 16.8 Å². The molecule has 5 rings (SSSR count). The summed E-state index contributed by atoms with van der Waals surface area (Å²) in [5.74, 6) is -0.0333. The average molecular weight is 382 g/mol. The molecule has 0 fully saturated rings. The standard InChI is InChI=1S/C23H18N4O2/c1-2-15-7-10-18(11-8-15)27-25-19-12-9-17(14-20(19)26-27)24-23(28)22-13-16-5-3-4-6-21(16)29-22/h3-14H,2H2,1H3,(H,24,28). The van der Waals surface area contributed by atoms with Gasteiger partial charge in [-0.3, -0.25) is 4.79 Å². The molecule has 0 aliphatic carbocycles. The lowest BCUT2D eigenvalue weighted by Gasteiger charge is -2.02. The second-order valence-electron chi connectivity index (χ2n) is 6.82. The number of hydrogen-bond acceptors (Lipinski definition) is 4. The first-order chi connectivity index (χ1) is 14.2. The summed E-state index contributed by atoms with van der Waals surface area (Å²) < 4.78 is 5.63. The molecule has 2 aromatic heterocycles. The van der Waals surface area contributed by atoms with Gasteiger partial charge in [0, 0.05) is 11.1 Å². The summed E-state index contributed by atoms with van der Waals surface area (Å²) in [6, 6.07) is 22.9. The molecule has 2 heterocycles. The van der Waals surface area contributed by atoms with E-state index in [1.807, 2.05) is 48.5 Å². The maximum absolute atomic E-state index is 12.6. The maximum atomic E-state index is 12.6. The van der Waals surface area contributed by atoms with Crippen molar-refractivity contribution < 1.29 is 9.21 Å². The number of nitrogens with zero attached hydrogens (tertiary/aromatic N) is 3. The van der Waals surface area contributed by atoms with Crippen LogP contribution in [0.3, 0.4) is 0 Å². The Kier molecular flexibility index (Phi) is 4.09. The number of nitrogens with one attached hydrogen (secondary N) is 1. The van der Waals surface area contributed by atoms with E-state index in [2.05, 4.69) is 34.6 Å². The van der Waals surface area contributed by atoms with E-state index in [9.17, 15) is 4.79 Å². The molecular weight excluding hydrogens is 364 g/mol. The maximum Gasteiger partial charge on any atom is 0.291 e. The average Bonchev–Trinajstić information content (AvgIpc) is 3.37. The van der Waals surface area contributed by atoms with Gasteiger partial charge < -0.3 is 9.73 Å². The van der Waals surface area contributed by atoms with Crippen molar-refractivity contribution in [2.75, 3.05) is 5.32 Å². The molecule has 0 spiro atoms. The molecule has 0 unspecified atom stereocenters. The smallest absolute Gasteiger partial charge is 0.291 e. The minimum atomic E-state index is -0.303. The Labute approximate surface area is 166 Å². The molecular formula is C23H18N4O2. The first-order valence-electron chi connectivity index (χ1n) is 9.46. The molecule has 0 saturated carbocycles. The Morgan fingerprint density at radius 3 is 2.55 bits per heavy atom. The molecule has 6 nitrogen and oxygen atoms in total. The lowest BCUT2D eigenvalue weighted by Crippen LogP contribution is -2.10. The van der Waals surface area contributed by atoms with Crippen LogP contribution in [-0.2, 0) is 6.42 Å². The zero-order valence-electron chi connectivity index (χ0n) is 15.8. The molecule has 3 aromatic carbocycles. The minimum Gasteiger partial charge on any atom is -0.451 e. The van der Waals surface area contributed by atoms with Crippen molar-refractivity contribution in [2.45, 2.75) is 13.3 Å². The van der Waals surface area contributed by atoms with Gasteiger partial charge in [0.15, 0.2) is 5.76 Å². The van der Waals surface area contributed by atoms with Crippen LogP contribution in [0, 0.1) is 0 Å². The van der Waals surface area contributed by atoms with Crippen LogP contribution in [0.4, 0.5) is 5.69 Å². The topological polar surface area (TPSA) is 73.0 Å². The van der Waals surface area contributed by atoms with E-state index >= 15 is 0 Å². The van der Waals surface area contributed by atoms with Gasteiger partial charge >= 0.3 is 0 Å². The predicted molar refractivity (Wildman–Crippen MR) is 112 cm³/mol. The van der Waals surface area contributed by atoms with E-state index in [1.54, 1.807) is 16.9 Å². The third-order valence-corrected chi connectivity index (χ3v) is 4.86. The van der Waals surface area contributed by atoms with Crippen LogP contribution in [0.25, 0.3) is 27.7 Å². The number of rotatable bonds is 4. The van der Waals surface area contributed by atoms with Gasteiger partial charge in [-0.2, -0.15) is 4.80 Å². The minimum absolute atomic E-state index is 0.269. The molecule has 1 amide bonds. The highest BCUT2D eigenvalue weighted by Gasteiger charge is 2.13. The van der Waals surface area contributed by atoms with Crippen LogP contribution >= 0.6 is 0 Å². The van der Waals surface area contributed by atoms with Crippen molar-refractivity contribution in [1.29, 1.82) is 0 Å². The zero-order chi connectivity index (χ0) is 19.8. The largest absolute Gasteiger partial charge is 0.451 e. The molecule has 6 heteroatoms. The monoisotopic (exact) mass is 382 g/mol. The van der Waals surface area contributed by atoms with E-state index in [1.165, 1.54) is 5.56 Å². The number of aryl methyl sites for hydroxylation is 1. The van der Waals surface area contributed by atoms with E-state index < -0.39 is 0 Å². The molecule has 0 atom stereocenters. The van der Waals surface area contributed by atoms with Gasteiger partial charge in [0.2, 0.25) is 0 Å². The number of hydrogen-bond donors (Lipinski definition) is 1. The Morgan fingerprint density at radius 2 is 1.76 bits per heavy atom. The number of amides is 1. The van der Waals surface area contributed by atoms with E-state index in [-0.39, 0.29) is 11.7 Å². The Morgan fingerprint density at radius 1 is 0.966 bits per heavy atom. The summed E-state index contributed by atoms with van der Waals surface area (Å²) in [5.41, 5.74) is 4.94. The molecule has 0 aliphatic rings. The summed E-state index contributed by atoms with van der Waals surface area (Å²) in [6.45, 7) is 2.12. The van der Waals surface area contributed by atoms with Gasteiger partial charge in [-0.05, 0) is 54.4 Å². The normalized spacial score (nSPS) is 11.2. The fraction of sp³-hybridized carbons (Fsp3) is 0.0870. The fourth-order valence-corrected chi connectivity index (χ4v) is 3.26. The molecule has 29 heavy (non-hydrogen) atoms. The van der Waals surface area contributed by atoms with Gasteiger partial charge in [0.05, 0.1) is 5.69 Å². The van der Waals surface area contributed by atoms with Crippen LogP contribution in [0.1, 0.15) is 23.0 Å². The number of carbonyl (C=O) groups excluding carboxylic acids is 1. The second kappa shape index (κ2) is 6.91. The number of benzene rings is 3. The predicted octanol–water partition coefficient (Wildman–Crippen LogP) is 4.98. The van der Waals surface area contributed by atoms with Crippen molar-refractivity contribution >= 4 is 33.6 Å². The molecule has 1 N–H and O–H groups in total. The summed E-state index contributed by atoms with van der Waals surface area (Å²) in [5, 5.41) is 12.8. The number of fused-ring (bicyclic) bond motifs is 2. The molecule has 0 saturated heterocycles. The summed E-state index contributed by atoms with van der Waals surface area (Å²) in [4.78, 5) is 14.2. The van der Waals surface area contributed by atoms with Gasteiger partial charge in [-0.1, -0.05) is 37.3 Å². The molecule has 0 aliphatic heterocycles. The molecule has 0 radical (unpaired) electrons. The lowest BCUT2D eigenvalue weighted by atomic mass is 10.2. The van der Waals surface area contributed by atoms with Gasteiger partial charge in [0.25, 0.3) is 5.91 Å². The van der Waals surface area contributed by atoms with Crippen LogP contribution < -0.4 is 5.32 Å². The lowest BCUT2D eigenvalue weighted by molar-refractivity contribution is 0.0998. The number of carbonyl (C=O) groups is 1. The van der Waals surface area contributed by atoms with Gasteiger partial charge in [0.1, 0.15) is 16.6 Å². The van der Waals surface area contributed by atoms with Crippen molar-refractivity contribution in [2.24, 2.45) is 0 Å². The Hall–Kier alpha value is -3.93. The van der Waals surface area contributed by atoms with Crippen molar-refractivity contribution in [3.8, 4) is 5.69 Å². The number of furan rings is 1. The first-order valence-corrected chi connectivity index (χ1v) is 9.46. The fourth-order valence-electron chi connectivity index (χ4n) is 3.26. The third-order valence-electron chi connectivity index (χ3n) is 4.86. The SMILES string of the molecule is CCc1ccc(-n2nc3ccc(NC(=O)c4cc5ccccc5o4)cc3n2)cc1. The Balaban J connectivity index is 1.41. The first kappa shape index (κ1) is 17.2. The summed E-state index contributed by atoms with van der Waals surface area (Å²) in [6.07, 6.45) is 0.989. The van der Waals surface area contributed by atoms with Crippen LogP contribution in [0.2, 0.25) is 0 Å². The highest BCUT2D eigenvalue weighted by molar-refractivity contribution is 6.05. The van der Waals surface area contributed by atoms with E-state index in [4.69, 9.17) is 4.42 Å². The number of anilines is 1. The second-order valence-corrected chi connectivity index (χ2v) is 6.82. The van der Waals surface area contributed by atoms with Crippen LogP contribution in [0.15, 0.2) is 77.2 Å². The summed E-state index contributed by atoms with van der Waals surface area (Å²) >= 11 is 0. The quantitative estimate of drug-likeness (QED) is 0.476. The molecule has 5 aromatic rings. The Bertz CT molecular complexity index is 1300. The van der Waals surface area contributed by atoms with E-state index in [0.717, 1.165) is 23.0 Å².